The lowest BCUT2D eigenvalue weighted by Gasteiger charge is -2.11. The number of carboxylic acid groups (broad SMARTS) is 1. The van der Waals surface area contributed by atoms with Crippen LogP contribution in [0.5, 0.6) is 0 Å². The summed E-state index contributed by atoms with van der Waals surface area (Å²) in [6.07, 6.45) is 0. The molecule has 0 heterocycles. The van der Waals surface area contributed by atoms with E-state index in [4.69, 9.17) is 5.73 Å². The van der Waals surface area contributed by atoms with E-state index in [0.29, 0.717) is 11.4 Å². The van der Waals surface area contributed by atoms with Crippen LogP contribution in [0.25, 0.3) is 0 Å². The quantitative estimate of drug-likeness (QED) is 0.741. The first-order valence-corrected chi connectivity index (χ1v) is 5.31. The Labute approximate surface area is 87.3 Å². The second-order valence-corrected chi connectivity index (χ2v) is 4.34. The molecular formula is C10H12NO2S-. The van der Waals surface area contributed by atoms with Gasteiger partial charge < -0.3 is 15.6 Å². The van der Waals surface area contributed by atoms with Gasteiger partial charge in [-0.15, -0.1) is 11.8 Å². The summed E-state index contributed by atoms with van der Waals surface area (Å²) in [7, 11) is 0. The topological polar surface area (TPSA) is 66.2 Å². The summed E-state index contributed by atoms with van der Waals surface area (Å²) in [5.41, 5.74) is 7.30. The number of nitrogens with two attached hydrogens (primary N) is 1. The summed E-state index contributed by atoms with van der Waals surface area (Å²) in [5, 5.41) is 9.94. The highest BCUT2D eigenvalue weighted by atomic mass is 32.2. The SMILES string of the molecule is CC(SCc1ccc(N)cc1)C(=O)[O-]. The highest BCUT2D eigenvalue weighted by molar-refractivity contribution is 7.99. The molecule has 0 amide bonds. The highest BCUT2D eigenvalue weighted by Crippen LogP contribution is 2.17. The predicted molar refractivity (Wildman–Crippen MR) is 56.6 cm³/mol. The molecule has 0 aliphatic rings. The number of anilines is 1. The summed E-state index contributed by atoms with van der Waals surface area (Å²) in [5.74, 6) is -0.361. The molecule has 0 saturated carbocycles. The lowest BCUT2D eigenvalue weighted by molar-refractivity contribution is -0.304. The van der Waals surface area contributed by atoms with Gasteiger partial charge in [0, 0.05) is 16.7 Å². The normalized spacial score (nSPS) is 12.4. The van der Waals surface area contributed by atoms with E-state index >= 15 is 0 Å². The molecule has 1 rings (SSSR count). The van der Waals surface area contributed by atoms with Crippen LogP contribution in [-0.2, 0) is 10.5 Å². The van der Waals surface area contributed by atoms with Crippen molar-refractivity contribution in [3.8, 4) is 0 Å². The van der Waals surface area contributed by atoms with Crippen molar-refractivity contribution in [1.82, 2.24) is 0 Å². The van der Waals surface area contributed by atoms with Gasteiger partial charge in [0.05, 0.1) is 5.97 Å². The Balaban J connectivity index is 2.46. The summed E-state index contributed by atoms with van der Waals surface area (Å²) >= 11 is 1.34. The minimum Gasteiger partial charge on any atom is -0.549 e. The van der Waals surface area contributed by atoms with Crippen molar-refractivity contribution in [3.05, 3.63) is 29.8 Å². The monoisotopic (exact) mass is 210 g/mol. The lowest BCUT2D eigenvalue weighted by Crippen LogP contribution is -2.31. The second-order valence-electron chi connectivity index (χ2n) is 3.01. The van der Waals surface area contributed by atoms with Gasteiger partial charge >= 0.3 is 0 Å². The largest absolute Gasteiger partial charge is 0.549 e. The molecule has 0 fully saturated rings. The third kappa shape index (κ3) is 3.30. The molecule has 0 aromatic heterocycles. The van der Waals surface area contributed by atoms with Crippen molar-refractivity contribution in [3.63, 3.8) is 0 Å². The first kappa shape index (κ1) is 10.9. The number of hydrogen-bond donors (Lipinski definition) is 1. The Morgan fingerprint density at radius 1 is 1.50 bits per heavy atom. The smallest absolute Gasteiger partial charge is 0.0541 e. The first-order chi connectivity index (χ1) is 6.59. The Morgan fingerprint density at radius 3 is 2.57 bits per heavy atom. The number of hydrogen-bond acceptors (Lipinski definition) is 4. The number of thioether (sulfide) groups is 1. The zero-order valence-electron chi connectivity index (χ0n) is 7.90. The van der Waals surface area contributed by atoms with Crippen molar-refractivity contribution in [2.24, 2.45) is 0 Å². The second kappa shape index (κ2) is 4.91. The molecule has 0 aliphatic carbocycles. The number of nitrogen functional groups attached to an aromatic ring is 1. The Bertz CT molecular complexity index is 310. The average molecular weight is 210 g/mol. The third-order valence-corrected chi connectivity index (χ3v) is 3.00. The van der Waals surface area contributed by atoms with Crippen molar-refractivity contribution < 1.29 is 9.90 Å². The van der Waals surface area contributed by atoms with Gasteiger partial charge in [-0.05, 0) is 24.6 Å². The number of carbonyl (C=O) groups is 1. The molecule has 4 heteroatoms. The van der Waals surface area contributed by atoms with Gasteiger partial charge in [0.15, 0.2) is 0 Å². The molecule has 1 aromatic rings. The van der Waals surface area contributed by atoms with Crippen LogP contribution in [0.3, 0.4) is 0 Å². The number of carbonyl (C=O) groups excluding carboxylic acids is 1. The fraction of sp³-hybridized carbons (Fsp3) is 0.300. The van der Waals surface area contributed by atoms with Crippen LogP contribution < -0.4 is 10.8 Å². The van der Waals surface area contributed by atoms with Crippen molar-refractivity contribution in [1.29, 1.82) is 0 Å². The van der Waals surface area contributed by atoms with Gasteiger partial charge in [-0.25, -0.2) is 0 Å². The number of aliphatic carboxylic acids is 1. The molecule has 76 valence electrons. The first-order valence-electron chi connectivity index (χ1n) is 4.26. The standard InChI is InChI=1S/C10H13NO2S/c1-7(10(12)13)14-6-8-2-4-9(11)5-3-8/h2-5,7H,6,11H2,1H3,(H,12,13)/p-1. The maximum absolute atomic E-state index is 10.4. The Kier molecular flexibility index (Phi) is 3.83. The fourth-order valence-corrected chi connectivity index (χ4v) is 1.67. The molecule has 0 aliphatic heterocycles. The number of benzene rings is 1. The van der Waals surface area contributed by atoms with E-state index in [1.807, 2.05) is 12.1 Å². The van der Waals surface area contributed by atoms with Gasteiger partial charge in [-0.2, -0.15) is 0 Å². The maximum atomic E-state index is 10.4. The van der Waals surface area contributed by atoms with Crippen LogP contribution in [0.15, 0.2) is 24.3 Å². The van der Waals surface area contributed by atoms with Crippen LogP contribution in [0, 0.1) is 0 Å². The number of rotatable bonds is 4. The number of carboxylic acids is 1. The third-order valence-electron chi connectivity index (χ3n) is 1.81. The summed E-state index contributed by atoms with van der Waals surface area (Å²) in [6.45, 7) is 1.62. The molecule has 0 spiro atoms. The Morgan fingerprint density at radius 2 is 2.07 bits per heavy atom. The van der Waals surface area contributed by atoms with Crippen LogP contribution in [-0.4, -0.2) is 11.2 Å². The van der Waals surface area contributed by atoms with Crippen LogP contribution in [0.2, 0.25) is 0 Å². The maximum Gasteiger partial charge on any atom is 0.0541 e. The minimum atomic E-state index is -1.02. The fourth-order valence-electron chi connectivity index (χ4n) is 0.903. The van der Waals surface area contributed by atoms with Crippen LogP contribution >= 0.6 is 11.8 Å². The van der Waals surface area contributed by atoms with Crippen LogP contribution in [0.1, 0.15) is 12.5 Å². The van der Waals surface area contributed by atoms with Crippen LogP contribution in [0.4, 0.5) is 5.69 Å². The van der Waals surface area contributed by atoms with E-state index in [0.717, 1.165) is 5.56 Å². The summed E-state index contributed by atoms with van der Waals surface area (Å²) < 4.78 is 0. The predicted octanol–water partition coefficient (Wildman–Crippen LogP) is 0.640. The highest BCUT2D eigenvalue weighted by Gasteiger charge is 2.03. The molecule has 0 radical (unpaired) electrons. The summed E-state index contributed by atoms with van der Waals surface area (Å²) in [6, 6.07) is 7.40. The zero-order valence-corrected chi connectivity index (χ0v) is 8.71. The van der Waals surface area contributed by atoms with E-state index < -0.39 is 11.2 Å². The average Bonchev–Trinajstić information content (AvgIpc) is 2.16. The van der Waals surface area contributed by atoms with Gasteiger partial charge in [-0.1, -0.05) is 12.1 Å². The van der Waals surface area contributed by atoms with Crippen molar-refractivity contribution >= 4 is 23.4 Å². The molecule has 1 unspecified atom stereocenters. The van der Waals surface area contributed by atoms with Gasteiger partial charge in [0.2, 0.25) is 0 Å². The van der Waals surface area contributed by atoms with Gasteiger partial charge in [0.1, 0.15) is 0 Å². The van der Waals surface area contributed by atoms with E-state index in [1.165, 1.54) is 11.8 Å². The molecule has 0 saturated heterocycles. The molecule has 3 nitrogen and oxygen atoms in total. The van der Waals surface area contributed by atoms with E-state index in [1.54, 1.807) is 19.1 Å². The molecule has 0 bridgehead atoms. The van der Waals surface area contributed by atoms with E-state index in [9.17, 15) is 9.90 Å². The van der Waals surface area contributed by atoms with E-state index in [-0.39, 0.29) is 0 Å². The van der Waals surface area contributed by atoms with Gasteiger partial charge in [0.25, 0.3) is 0 Å². The molecule has 2 N–H and O–H groups in total. The van der Waals surface area contributed by atoms with Gasteiger partial charge in [-0.3, -0.25) is 0 Å². The minimum absolute atomic E-state index is 0.479. The van der Waals surface area contributed by atoms with E-state index in [2.05, 4.69) is 0 Å². The lowest BCUT2D eigenvalue weighted by atomic mass is 10.2. The van der Waals surface area contributed by atoms with Crippen molar-refractivity contribution in [2.75, 3.05) is 5.73 Å². The Hall–Kier alpha value is -1.16. The molecule has 14 heavy (non-hydrogen) atoms. The molecular weight excluding hydrogens is 198 g/mol. The van der Waals surface area contributed by atoms with Crippen molar-refractivity contribution in [2.45, 2.75) is 17.9 Å². The molecule has 1 aromatic carbocycles. The zero-order chi connectivity index (χ0) is 10.6. The summed E-state index contributed by atoms with van der Waals surface area (Å²) in [4.78, 5) is 10.4. The molecule has 1 atom stereocenters.